The van der Waals surface area contributed by atoms with Crippen LogP contribution in [0.15, 0.2) is 0 Å². The van der Waals surface area contributed by atoms with Gasteiger partial charge < -0.3 is 80.3 Å². The summed E-state index contributed by atoms with van der Waals surface area (Å²) in [7, 11) is -5.17. The smallest absolute Gasteiger partial charge is 0.870 e. The van der Waals surface area contributed by atoms with Gasteiger partial charge in [0.15, 0.2) is 0 Å². The van der Waals surface area contributed by atoms with Crippen molar-refractivity contribution < 1.29 is 88.7 Å². The van der Waals surface area contributed by atoms with E-state index in [0.29, 0.717) is 0 Å². The minimum Gasteiger partial charge on any atom is -0.870 e. The molecule has 0 fully saturated rings. The first kappa shape index (κ1) is 401. The second-order valence-electron chi connectivity index (χ2n) is 0.408. The van der Waals surface area contributed by atoms with E-state index < -0.39 is 10.4 Å². The zero-order valence-electron chi connectivity index (χ0n) is 9.07. The second kappa shape index (κ2) is 147. The van der Waals surface area contributed by atoms with Crippen molar-refractivity contribution >= 4 is 27.8 Å². The Balaban J connectivity index is -0.000000000879. The van der Waals surface area contributed by atoms with Crippen LogP contribution in [0.1, 0.15) is 0 Å². The fourth-order valence-corrected chi connectivity index (χ4v) is 0. The average Bonchev–Trinajstić information content (AvgIpc) is 0.722. The maximum absolute atomic E-state index is 8.52. The molecule has 0 aromatic heterocycles. The van der Waals surface area contributed by atoms with E-state index in [4.69, 9.17) is 17.5 Å². The van der Waals surface area contributed by atoms with E-state index in [2.05, 4.69) is 0 Å². The van der Waals surface area contributed by atoms with Gasteiger partial charge in [-0.15, -0.1) is 0 Å². The second-order valence-corrected chi connectivity index (χ2v) is 1.22. The van der Waals surface area contributed by atoms with Crippen molar-refractivity contribution in [3.8, 4) is 0 Å². The van der Waals surface area contributed by atoms with Crippen LogP contribution in [-0.2, 0) is 10.4 Å². The molecule has 0 heterocycles. The van der Waals surface area contributed by atoms with Crippen molar-refractivity contribution in [2.45, 2.75) is 0 Å². The molecule has 0 saturated carbocycles. The van der Waals surface area contributed by atoms with Gasteiger partial charge in [-0.05, 0) is 0 Å². The topological polar surface area (TPSA) is 488 Å². The van der Waals surface area contributed by atoms with E-state index in [1.165, 1.54) is 0 Å². The van der Waals surface area contributed by atoms with Crippen molar-refractivity contribution in [1.29, 1.82) is 0 Å². The predicted octanol–water partition coefficient (Wildman–Crippen LogP) is -11.8. The van der Waals surface area contributed by atoms with Crippen molar-refractivity contribution in [1.82, 2.24) is 0 Å². The van der Waals surface area contributed by atoms with Crippen molar-refractivity contribution in [2.75, 3.05) is 0 Å². The third-order valence-corrected chi connectivity index (χ3v) is 0. The Labute approximate surface area is 117 Å². The van der Waals surface area contributed by atoms with Gasteiger partial charge in [-0.2, -0.15) is 0 Å². The molecule has 25 N–H and O–H groups in total. The van der Waals surface area contributed by atoms with Gasteiger partial charge in [0.25, 0.3) is 0 Å². The van der Waals surface area contributed by atoms with Gasteiger partial charge in [-0.25, -0.2) is 0 Å². The molecule has 17 nitrogen and oxygen atoms in total. The molecule has 0 atom stereocenters. The minimum absolute atomic E-state index is 0. The SMILES string of the molecule is O.O.O.O.O.O.O.O.O.O.O.O.O=S(=O)([O-])[O-].[Al+3].[OH-]. The molecule has 19 heavy (non-hydrogen) atoms. The van der Waals surface area contributed by atoms with E-state index in [-0.39, 0.29) is 88.6 Å². The van der Waals surface area contributed by atoms with Crippen molar-refractivity contribution in [3.05, 3.63) is 0 Å². The summed E-state index contributed by atoms with van der Waals surface area (Å²) in [4.78, 5) is 0. The van der Waals surface area contributed by atoms with Crippen LogP contribution < -0.4 is 0 Å². The Hall–Kier alpha value is -0.118. The van der Waals surface area contributed by atoms with E-state index in [0.717, 1.165) is 0 Å². The summed E-state index contributed by atoms with van der Waals surface area (Å²) in [6.07, 6.45) is 0. The van der Waals surface area contributed by atoms with Gasteiger partial charge in [0.2, 0.25) is 0 Å². The molecule has 136 valence electrons. The zero-order valence-corrected chi connectivity index (χ0v) is 11.0. The fraction of sp³-hybridized carbons (Fsp3) is 0. The molecule has 0 aliphatic carbocycles. The Morgan fingerprint density at radius 1 is 0.474 bits per heavy atom. The molecule has 0 spiro atoms. The van der Waals surface area contributed by atoms with Crippen LogP contribution in [0, 0.1) is 0 Å². The molecule has 0 saturated heterocycles. The normalized spacial score (nSPS) is 3.05. The maximum Gasteiger partial charge on any atom is 3.00 e. The summed E-state index contributed by atoms with van der Waals surface area (Å²) in [6, 6.07) is 0. The predicted molar refractivity (Wildman–Crippen MR) is 61.5 cm³/mol. The van der Waals surface area contributed by atoms with Crippen molar-refractivity contribution in [2.24, 2.45) is 0 Å². The Bertz CT molecular complexity index is 94.4. The van der Waals surface area contributed by atoms with Gasteiger partial charge in [0, 0.05) is 10.4 Å². The first-order valence-corrected chi connectivity index (χ1v) is 2.00. The summed E-state index contributed by atoms with van der Waals surface area (Å²) >= 11 is 0. The molecule has 0 amide bonds. The van der Waals surface area contributed by atoms with Crippen LogP contribution >= 0.6 is 0 Å². The van der Waals surface area contributed by atoms with Gasteiger partial charge in [-0.1, -0.05) is 0 Å². The molecular formula is H25AlO17S. The molecule has 19 heteroatoms. The monoisotopic (exact) mass is 356 g/mol. The summed E-state index contributed by atoms with van der Waals surface area (Å²) in [5.74, 6) is 0. The Kier molecular flexibility index (Phi) is 3110. The molecule has 0 unspecified atom stereocenters. The average molecular weight is 356 g/mol. The van der Waals surface area contributed by atoms with Gasteiger partial charge in [-0.3, -0.25) is 8.42 Å². The van der Waals surface area contributed by atoms with Gasteiger partial charge >= 0.3 is 17.4 Å². The molecule has 0 aliphatic rings. The van der Waals surface area contributed by atoms with Gasteiger partial charge in [0.1, 0.15) is 0 Å². The third-order valence-electron chi connectivity index (χ3n) is 0. The molecule has 0 aromatic rings. The Morgan fingerprint density at radius 3 is 0.474 bits per heavy atom. The quantitative estimate of drug-likeness (QED) is 0.231. The van der Waals surface area contributed by atoms with Crippen LogP contribution in [0.3, 0.4) is 0 Å². The summed E-state index contributed by atoms with van der Waals surface area (Å²) < 4.78 is 34.1. The van der Waals surface area contributed by atoms with Crippen LogP contribution in [0.4, 0.5) is 0 Å². The van der Waals surface area contributed by atoms with Crippen LogP contribution in [0.2, 0.25) is 0 Å². The van der Waals surface area contributed by atoms with E-state index >= 15 is 0 Å². The zero-order chi connectivity index (χ0) is 4.50. The summed E-state index contributed by atoms with van der Waals surface area (Å²) in [6.45, 7) is 0. The van der Waals surface area contributed by atoms with Crippen molar-refractivity contribution in [3.63, 3.8) is 0 Å². The number of hydrogen-bond acceptors (Lipinski definition) is 5. The first-order valence-electron chi connectivity index (χ1n) is 0.667. The standard InChI is InChI=1S/Al.H2O4S.13H2O/c;1-5(2,3)4;;;;;;;;;;;;;/h;(H2,1,2,3,4);13*1H2/q+3;;;;;;;;;;;;;;/p-3. The third kappa shape index (κ3) is 327000. The molecule has 0 bridgehead atoms. The molecular weight excluding hydrogens is 331 g/mol. The first-order chi connectivity index (χ1) is 2.00. The van der Waals surface area contributed by atoms with Crippen LogP contribution in [0.25, 0.3) is 0 Å². The minimum atomic E-state index is -5.17. The molecule has 0 radical (unpaired) electrons. The maximum atomic E-state index is 8.52. The fourth-order valence-electron chi connectivity index (χ4n) is 0. The van der Waals surface area contributed by atoms with E-state index in [9.17, 15) is 0 Å². The van der Waals surface area contributed by atoms with E-state index in [1.807, 2.05) is 0 Å². The molecule has 0 aromatic carbocycles. The number of rotatable bonds is 0. The Morgan fingerprint density at radius 2 is 0.474 bits per heavy atom. The summed E-state index contributed by atoms with van der Waals surface area (Å²) in [5.41, 5.74) is 0. The largest absolute Gasteiger partial charge is 3.00 e. The van der Waals surface area contributed by atoms with E-state index in [1.54, 1.807) is 0 Å². The van der Waals surface area contributed by atoms with Gasteiger partial charge in [0.05, 0.1) is 0 Å². The number of hydrogen-bond donors (Lipinski definition) is 0. The summed E-state index contributed by atoms with van der Waals surface area (Å²) in [5, 5.41) is 0. The van der Waals surface area contributed by atoms with Crippen LogP contribution in [-0.4, -0.2) is 106 Å². The molecule has 0 aliphatic heterocycles. The molecule has 0 rings (SSSR count). The van der Waals surface area contributed by atoms with Crippen LogP contribution in [0.5, 0.6) is 0 Å².